The molecule has 17 heavy (non-hydrogen) atoms. The van der Waals surface area contributed by atoms with Crippen molar-refractivity contribution in [3.8, 4) is 0 Å². The van der Waals surface area contributed by atoms with Crippen LogP contribution in [0.3, 0.4) is 0 Å². The van der Waals surface area contributed by atoms with E-state index in [0.29, 0.717) is 18.7 Å². The van der Waals surface area contributed by atoms with Gasteiger partial charge < -0.3 is 10.0 Å². The zero-order valence-corrected chi connectivity index (χ0v) is 9.24. The van der Waals surface area contributed by atoms with Crippen LogP contribution >= 0.6 is 0 Å². The van der Waals surface area contributed by atoms with E-state index in [-0.39, 0.29) is 18.2 Å². The molecular formula is C11H13N3O3. The highest BCUT2D eigenvalue weighted by Gasteiger charge is 2.28. The molecule has 1 N–H and O–H groups in total. The first-order chi connectivity index (χ1) is 8.16. The van der Waals surface area contributed by atoms with Gasteiger partial charge >= 0.3 is 5.97 Å². The third kappa shape index (κ3) is 2.77. The number of rotatable bonds is 3. The van der Waals surface area contributed by atoms with Crippen LogP contribution in [0.4, 0.5) is 0 Å². The van der Waals surface area contributed by atoms with Crippen LogP contribution in [0.2, 0.25) is 0 Å². The molecule has 1 aromatic heterocycles. The van der Waals surface area contributed by atoms with Crippen LogP contribution < -0.4 is 0 Å². The maximum Gasteiger partial charge on any atom is 0.303 e. The summed E-state index contributed by atoms with van der Waals surface area (Å²) in [4.78, 5) is 31.8. The van der Waals surface area contributed by atoms with Gasteiger partial charge in [-0.2, -0.15) is 0 Å². The molecule has 0 saturated carbocycles. The van der Waals surface area contributed by atoms with Gasteiger partial charge in [-0.25, -0.2) is 9.97 Å². The number of nitrogens with zero attached hydrogens (tertiary/aromatic N) is 3. The summed E-state index contributed by atoms with van der Waals surface area (Å²) in [5, 5.41) is 8.69. The maximum absolute atomic E-state index is 12.0. The van der Waals surface area contributed by atoms with Crippen molar-refractivity contribution in [2.24, 2.45) is 5.92 Å². The Morgan fingerprint density at radius 1 is 1.41 bits per heavy atom. The molecular weight excluding hydrogens is 222 g/mol. The van der Waals surface area contributed by atoms with Crippen LogP contribution in [-0.2, 0) is 4.79 Å². The molecule has 0 spiro atoms. The first-order valence-corrected chi connectivity index (χ1v) is 5.43. The Labute approximate surface area is 98.3 Å². The van der Waals surface area contributed by atoms with Gasteiger partial charge in [-0.1, -0.05) is 0 Å². The number of carbonyl (C=O) groups excluding carboxylic acids is 1. The van der Waals surface area contributed by atoms with Gasteiger partial charge in [-0.3, -0.25) is 9.59 Å². The fraction of sp³-hybridized carbons (Fsp3) is 0.455. The number of hydrogen-bond acceptors (Lipinski definition) is 4. The molecule has 0 aliphatic carbocycles. The van der Waals surface area contributed by atoms with E-state index in [1.54, 1.807) is 4.90 Å². The highest BCUT2D eigenvalue weighted by atomic mass is 16.4. The van der Waals surface area contributed by atoms with Crippen molar-refractivity contribution < 1.29 is 14.7 Å². The van der Waals surface area contributed by atoms with Crippen LogP contribution in [0.5, 0.6) is 0 Å². The highest BCUT2D eigenvalue weighted by Crippen LogP contribution is 2.20. The zero-order chi connectivity index (χ0) is 12.3. The normalized spacial score (nSPS) is 19.3. The molecule has 1 aromatic rings. The molecule has 1 fully saturated rings. The Morgan fingerprint density at radius 3 is 2.76 bits per heavy atom. The average molecular weight is 235 g/mol. The second kappa shape index (κ2) is 4.90. The first kappa shape index (κ1) is 11.5. The molecule has 0 radical (unpaired) electrons. The lowest BCUT2D eigenvalue weighted by Crippen LogP contribution is -2.29. The van der Waals surface area contributed by atoms with Gasteiger partial charge in [0.1, 0.15) is 6.33 Å². The third-order valence-electron chi connectivity index (χ3n) is 2.84. The largest absolute Gasteiger partial charge is 0.481 e. The van der Waals surface area contributed by atoms with E-state index in [4.69, 9.17) is 5.11 Å². The van der Waals surface area contributed by atoms with Gasteiger partial charge in [0.2, 0.25) is 0 Å². The summed E-state index contributed by atoms with van der Waals surface area (Å²) < 4.78 is 0. The molecule has 1 saturated heterocycles. The van der Waals surface area contributed by atoms with E-state index >= 15 is 0 Å². The van der Waals surface area contributed by atoms with E-state index in [0.717, 1.165) is 6.42 Å². The predicted octanol–water partition coefficient (Wildman–Crippen LogP) is 0.413. The molecule has 1 aliphatic heterocycles. The highest BCUT2D eigenvalue weighted by molar-refractivity contribution is 5.93. The summed E-state index contributed by atoms with van der Waals surface area (Å²) in [6.07, 6.45) is 5.18. The Kier molecular flexibility index (Phi) is 3.32. The van der Waals surface area contributed by atoms with Gasteiger partial charge in [0.05, 0.1) is 5.56 Å². The van der Waals surface area contributed by atoms with E-state index in [9.17, 15) is 9.59 Å². The number of hydrogen-bond donors (Lipinski definition) is 1. The van der Waals surface area contributed by atoms with Crippen LogP contribution in [0.1, 0.15) is 23.2 Å². The van der Waals surface area contributed by atoms with E-state index in [1.807, 2.05) is 0 Å². The fourth-order valence-electron chi connectivity index (χ4n) is 2.02. The average Bonchev–Trinajstić information content (AvgIpc) is 2.77. The molecule has 2 rings (SSSR count). The number of aliphatic carboxylic acids is 1. The van der Waals surface area contributed by atoms with Crippen molar-refractivity contribution >= 4 is 11.9 Å². The Bertz CT molecular complexity index is 421. The van der Waals surface area contributed by atoms with Crippen LogP contribution in [0.15, 0.2) is 18.7 Å². The minimum atomic E-state index is -0.813. The number of carboxylic acids is 1. The monoisotopic (exact) mass is 235 g/mol. The number of likely N-dealkylation sites (tertiary alicyclic amines) is 1. The summed E-state index contributed by atoms with van der Waals surface area (Å²) in [6, 6.07) is 0. The number of carbonyl (C=O) groups is 2. The number of amides is 1. The van der Waals surface area contributed by atoms with E-state index in [1.165, 1.54) is 18.7 Å². The van der Waals surface area contributed by atoms with Crippen molar-refractivity contribution in [2.75, 3.05) is 13.1 Å². The molecule has 0 bridgehead atoms. The summed E-state index contributed by atoms with van der Waals surface area (Å²) in [7, 11) is 0. The Balaban J connectivity index is 1.97. The van der Waals surface area contributed by atoms with Gasteiger partial charge in [0, 0.05) is 31.9 Å². The van der Waals surface area contributed by atoms with Gasteiger partial charge in [0.25, 0.3) is 5.91 Å². The minimum absolute atomic E-state index is 0.0566. The lowest BCUT2D eigenvalue weighted by Gasteiger charge is -2.15. The van der Waals surface area contributed by atoms with Crippen molar-refractivity contribution in [3.05, 3.63) is 24.3 Å². The van der Waals surface area contributed by atoms with Gasteiger partial charge in [0.15, 0.2) is 0 Å². The molecule has 1 aliphatic rings. The molecule has 1 atom stereocenters. The van der Waals surface area contributed by atoms with Crippen molar-refractivity contribution in [1.29, 1.82) is 0 Å². The summed E-state index contributed by atoms with van der Waals surface area (Å²) >= 11 is 0. The van der Waals surface area contributed by atoms with Crippen molar-refractivity contribution in [3.63, 3.8) is 0 Å². The first-order valence-electron chi connectivity index (χ1n) is 5.43. The summed E-state index contributed by atoms with van der Waals surface area (Å²) in [6.45, 7) is 1.10. The topological polar surface area (TPSA) is 83.4 Å². The molecule has 1 amide bonds. The van der Waals surface area contributed by atoms with Crippen LogP contribution in [0.25, 0.3) is 0 Å². The van der Waals surface area contributed by atoms with E-state index < -0.39 is 5.97 Å². The van der Waals surface area contributed by atoms with Crippen molar-refractivity contribution in [2.45, 2.75) is 12.8 Å². The zero-order valence-electron chi connectivity index (χ0n) is 9.24. The smallest absolute Gasteiger partial charge is 0.303 e. The molecule has 0 aromatic carbocycles. The number of aromatic nitrogens is 2. The lowest BCUT2D eigenvalue weighted by atomic mass is 10.1. The SMILES string of the molecule is O=C(O)CC1CCN(C(=O)c2cncnc2)C1. The predicted molar refractivity (Wildman–Crippen MR) is 58.3 cm³/mol. The molecule has 6 heteroatoms. The third-order valence-corrected chi connectivity index (χ3v) is 2.84. The summed E-state index contributed by atoms with van der Waals surface area (Å²) in [5.41, 5.74) is 0.448. The molecule has 2 heterocycles. The Hall–Kier alpha value is -1.98. The van der Waals surface area contributed by atoms with Crippen LogP contribution in [0, 0.1) is 5.92 Å². The lowest BCUT2D eigenvalue weighted by molar-refractivity contribution is -0.138. The molecule has 6 nitrogen and oxygen atoms in total. The maximum atomic E-state index is 12.0. The van der Waals surface area contributed by atoms with Crippen LogP contribution in [-0.4, -0.2) is 44.9 Å². The second-order valence-corrected chi connectivity index (χ2v) is 4.13. The quantitative estimate of drug-likeness (QED) is 0.820. The molecule has 90 valence electrons. The van der Waals surface area contributed by atoms with E-state index in [2.05, 4.69) is 9.97 Å². The molecule has 1 unspecified atom stereocenters. The second-order valence-electron chi connectivity index (χ2n) is 4.13. The Morgan fingerprint density at radius 2 is 2.12 bits per heavy atom. The fourth-order valence-corrected chi connectivity index (χ4v) is 2.02. The number of carboxylic acid groups (broad SMARTS) is 1. The van der Waals surface area contributed by atoms with Crippen molar-refractivity contribution in [1.82, 2.24) is 14.9 Å². The van der Waals surface area contributed by atoms with Gasteiger partial charge in [-0.15, -0.1) is 0 Å². The minimum Gasteiger partial charge on any atom is -0.481 e. The van der Waals surface area contributed by atoms with Gasteiger partial charge in [-0.05, 0) is 12.3 Å². The standard InChI is InChI=1S/C11H13N3O3/c15-10(16)3-8-1-2-14(6-8)11(17)9-4-12-7-13-5-9/h4-5,7-8H,1-3,6H2,(H,15,16). The summed E-state index contributed by atoms with van der Waals surface area (Å²) in [5.74, 6) is -0.882.